The van der Waals surface area contributed by atoms with Gasteiger partial charge in [-0.3, -0.25) is 4.79 Å². The van der Waals surface area contributed by atoms with Crippen LogP contribution in [0.5, 0.6) is 0 Å². The van der Waals surface area contributed by atoms with Crippen molar-refractivity contribution in [2.24, 2.45) is 0 Å². The molecule has 5 heteroatoms. The van der Waals surface area contributed by atoms with Crippen molar-refractivity contribution >= 4 is 11.9 Å². The number of carboxylic acids is 1. The molecule has 0 aliphatic rings. The Bertz CT molecular complexity index is 198. The van der Waals surface area contributed by atoms with Gasteiger partial charge in [-0.1, -0.05) is 12.7 Å². The van der Waals surface area contributed by atoms with Crippen molar-refractivity contribution < 1.29 is 19.4 Å². The maximum atomic E-state index is 10.5. The van der Waals surface area contributed by atoms with E-state index in [1.54, 1.807) is 0 Å². The van der Waals surface area contributed by atoms with Gasteiger partial charge in [-0.05, 0) is 0 Å². The minimum Gasteiger partial charge on any atom is -0.478 e. The monoisotopic (exact) mass is 173 g/mol. The smallest absolute Gasteiger partial charge is 0.327 e. The van der Waals surface area contributed by atoms with Crippen LogP contribution in [0, 0.1) is 0 Å². The first kappa shape index (κ1) is 13.0. The molecule has 0 aromatic heterocycles. The molecule has 0 fully saturated rings. The van der Waals surface area contributed by atoms with Crippen molar-refractivity contribution in [3.8, 4) is 0 Å². The summed E-state index contributed by atoms with van der Waals surface area (Å²) in [6.45, 7) is 3.16. The van der Waals surface area contributed by atoms with Gasteiger partial charge in [0, 0.05) is 6.08 Å². The average Bonchev–Trinajstić information content (AvgIpc) is 1.87. The minimum absolute atomic E-state index is 0. The SMILES string of the molecule is C=COC(=O)CC=CC(=O)O.N. The van der Waals surface area contributed by atoms with E-state index in [-0.39, 0.29) is 12.6 Å². The van der Waals surface area contributed by atoms with Gasteiger partial charge in [-0.25, -0.2) is 4.79 Å². The third-order valence-corrected chi connectivity index (χ3v) is 0.760. The van der Waals surface area contributed by atoms with Crippen LogP contribution in [0.1, 0.15) is 6.42 Å². The van der Waals surface area contributed by atoms with Crippen LogP contribution >= 0.6 is 0 Å². The van der Waals surface area contributed by atoms with Crippen molar-refractivity contribution in [1.82, 2.24) is 6.15 Å². The molecule has 0 bridgehead atoms. The van der Waals surface area contributed by atoms with Gasteiger partial charge in [0.25, 0.3) is 0 Å². The number of rotatable bonds is 4. The van der Waals surface area contributed by atoms with Crippen molar-refractivity contribution in [3.63, 3.8) is 0 Å². The highest BCUT2D eigenvalue weighted by Gasteiger charge is 1.95. The fraction of sp³-hybridized carbons (Fsp3) is 0.143. The Labute approximate surface area is 69.9 Å². The summed E-state index contributed by atoms with van der Waals surface area (Å²) in [5, 5.41) is 8.10. The molecule has 68 valence electrons. The molecule has 0 heterocycles. The Morgan fingerprint density at radius 2 is 2.08 bits per heavy atom. The van der Waals surface area contributed by atoms with Gasteiger partial charge in [0.05, 0.1) is 12.7 Å². The normalized spacial score (nSPS) is 8.67. The summed E-state index contributed by atoms with van der Waals surface area (Å²) < 4.78 is 4.30. The third-order valence-electron chi connectivity index (χ3n) is 0.760. The standard InChI is InChI=1S/C7H8O4.H3N/c1-2-11-7(10)5-3-4-6(8)9;/h2-4H,1,5H2,(H,8,9);1H3. The first-order valence-electron chi connectivity index (χ1n) is 2.86. The van der Waals surface area contributed by atoms with E-state index >= 15 is 0 Å². The molecular formula is C7H11NO4. The Hall–Kier alpha value is -1.62. The van der Waals surface area contributed by atoms with Crippen LogP contribution in [-0.4, -0.2) is 17.0 Å². The molecule has 0 spiro atoms. The van der Waals surface area contributed by atoms with Gasteiger partial charge in [-0.2, -0.15) is 0 Å². The Kier molecular flexibility index (Phi) is 8.11. The molecule has 0 aliphatic carbocycles. The summed E-state index contributed by atoms with van der Waals surface area (Å²) in [5.41, 5.74) is 0. The molecule has 0 saturated heterocycles. The molecule has 0 atom stereocenters. The molecule has 5 nitrogen and oxygen atoms in total. The van der Waals surface area contributed by atoms with Crippen molar-refractivity contribution in [3.05, 3.63) is 25.0 Å². The molecule has 0 aliphatic heterocycles. The van der Waals surface area contributed by atoms with E-state index in [1.807, 2.05) is 0 Å². The maximum absolute atomic E-state index is 10.5. The summed E-state index contributed by atoms with van der Waals surface area (Å²) in [4.78, 5) is 20.4. The Morgan fingerprint density at radius 1 is 1.50 bits per heavy atom. The van der Waals surface area contributed by atoms with E-state index in [2.05, 4.69) is 11.3 Å². The first-order valence-corrected chi connectivity index (χ1v) is 2.86. The van der Waals surface area contributed by atoms with Crippen LogP contribution in [0.15, 0.2) is 25.0 Å². The molecule has 12 heavy (non-hydrogen) atoms. The highest BCUT2D eigenvalue weighted by molar-refractivity contribution is 5.81. The Morgan fingerprint density at radius 3 is 2.50 bits per heavy atom. The van der Waals surface area contributed by atoms with E-state index in [0.717, 1.165) is 12.3 Å². The van der Waals surface area contributed by atoms with Crippen LogP contribution < -0.4 is 6.15 Å². The highest BCUT2D eigenvalue weighted by atomic mass is 16.5. The van der Waals surface area contributed by atoms with Crippen LogP contribution in [-0.2, 0) is 14.3 Å². The summed E-state index contributed by atoms with van der Waals surface area (Å²) in [7, 11) is 0. The van der Waals surface area contributed by atoms with E-state index in [0.29, 0.717) is 0 Å². The second-order valence-corrected chi connectivity index (χ2v) is 1.60. The third kappa shape index (κ3) is 8.38. The van der Waals surface area contributed by atoms with E-state index < -0.39 is 11.9 Å². The number of aliphatic carboxylic acids is 1. The fourth-order valence-corrected chi connectivity index (χ4v) is 0.397. The summed E-state index contributed by atoms with van der Waals surface area (Å²) in [5.74, 6) is -1.62. The number of carbonyl (C=O) groups is 2. The minimum atomic E-state index is -1.09. The molecule has 4 N–H and O–H groups in total. The van der Waals surface area contributed by atoms with Gasteiger partial charge in [0.1, 0.15) is 0 Å². The van der Waals surface area contributed by atoms with Crippen molar-refractivity contribution in [2.45, 2.75) is 6.42 Å². The second kappa shape index (κ2) is 7.49. The van der Waals surface area contributed by atoms with Crippen LogP contribution in [0.2, 0.25) is 0 Å². The molecule has 0 saturated carbocycles. The molecule has 0 aromatic carbocycles. The van der Waals surface area contributed by atoms with Crippen LogP contribution in [0.4, 0.5) is 0 Å². The maximum Gasteiger partial charge on any atom is 0.327 e. The van der Waals surface area contributed by atoms with E-state index in [9.17, 15) is 9.59 Å². The molecule has 0 amide bonds. The van der Waals surface area contributed by atoms with E-state index in [1.165, 1.54) is 6.08 Å². The molecule has 0 unspecified atom stereocenters. The van der Waals surface area contributed by atoms with Crippen molar-refractivity contribution in [1.29, 1.82) is 0 Å². The number of hydrogen-bond acceptors (Lipinski definition) is 4. The fourth-order valence-electron chi connectivity index (χ4n) is 0.397. The molecule has 0 rings (SSSR count). The zero-order valence-corrected chi connectivity index (χ0v) is 6.53. The lowest BCUT2D eigenvalue weighted by molar-refractivity contribution is -0.136. The molecule has 0 aromatic rings. The number of carboxylic acid groups (broad SMARTS) is 1. The quantitative estimate of drug-likeness (QED) is 0.373. The summed E-state index contributed by atoms with van der Waals surface area (Å²) in [6, 6.07) is 0. The van der Waals surface area contributed by atoms with Crippen molar-refractivity contribution in [2.75, 3.05) is 0 Å². The van der Waals surface area contributed by atoms with Crippen LogP contribution in [0.3, 0.4) is 0 Å². The van der Waals surface area contributed by atoms with Gasteiger partial charge >= 0.3 is 11.9 Å². The van der Waals surface area contributed by atoms with E-state index in [4.69, 9.17) is 5.11 Å². The first-order chi connectivity index (χ1) is 5.16. The highest BCUT2D eigenvalue weighted by Crippen LogP contribution is 1.88. The topological polar surface area (TPSA) is 98.6 Å². The zero-order valence-electron chi connectivity index (χ0n) is 6.53. The average molecular weight is 173 g/mol. The lowest BCUT2D eigenvalue weighted by Crippen LogP contribution is -1.96. The summed E-state index contributed by atoms with van der Waals surface area (Å²) in [6.07, 6.45) is 3.02. The van der Waals surface area contributed by atoms with Gasteiger partial charge in [0.2, 0.25) is 0 Å². The van der Waals surface area contributed by atoms with Gasteiger partial charge in [0.15, 0.2) is 0 Å². The Balaban J connectivity index is 0. The predicted octanol–water partition coefficient (Wildman–Crippen LogP) is 0.866. The number of esters is 1. The van der Waals surface area contributed by atoms with Gasteiger partial charge in [-0.15, -0.1) is 0 Å². The predicted molar refractivity (Wildman–Crippen MR) is 42.7 cm³/mol. The second-order valence-electron chi connectivity index (χ2n) is 1.60. The number of carbonyl (C=O) groups excluding carboxylic acids is 1. The van der Waals surface area contributed by atoms with Crippen LogP contribution in [0.25, 0.3) is 0 Å². The number of ether oxygens (including phenoxy) is 1. The lowest BCUT2D eigenvalue weighted by atomic mass is 10.4. The molecular weight excluding hydrogens is 162 g/mol. The lowest BCUT2D eigenvalue weighted by Gasteiger charge is -1.91. The van der Waals surface area contributed by atoms with Gasteiger partial charge < -0.3 is 16.0 Å². The number of hydrogen-bond donors (Lipinski definition) is 2. The largest absolute Gasteiger partial charge is 0.478 e. The zero-order chi connectivity index (χ0) is 8.69. The summed E-state index contributed by atoms with van der Waals surface area (Å²) >= 11 is 0. The molecule has 0 radical (unpaired) electrons.